The molecule has 0 fully saturated rings. The molecule has 1 unspecified atom stereocenters. The Morgan fingerprint density at radius 2 is 1.73 bits per heavy atom. The van der Waals surface area contributed by atoms with E-state index in [1.165, 1.54) is 0 Å². The number of carbonyl (C=O) groups excluding carboxylic acids is 2. The summed E-state index contributed by atoms with van der Waals surface area (Å²) in [6.45, 7) is 12.9. The minimum Gasteiger partial charge on any atom is -0.493 e. The van der Waals surface area contributed by atoms with Crippen LogP contribution in [0.5, 0.6) is 5.75 Å². The van der Waals surface area contributed by atoms with E-state index >= 15 is 0 Å². The molecular weight excluding hydrogens is 462 g/mol. The molecular formula is C31H37N3O3. The van der Waals surface area contributed by atoms with Crippen molar-refractivity contribution in [3.05, 3.63) is 89.2 Å². The summed E-state index contributed by atoms with van der Waals surface area (Å²) < 4.78 is 5.76. The first-order valence-corrected chi connectivity index (χ1v) is 12.9. The van der Waals surface area contributed by atoms with E-state index in [4.69, 9.17) is 4.74 Å². The van der Waals surface area contributed by atoms with Crippen LogP contribution in [0.1, 0.15) is 81.1 Å². The third kappa shape index (κ3) is 6.19. The summed E-state index contributed by atoms with van der Waals surface area (Å²) in [5, 5.41) is 3.08. The fourth-order valence-electron chi connectivity index (χ4n) is 4.53. The first-order valence-electron chi connectivity index (χ1n) is 12.9. The summed E-state index contributed by atoms with van der Waals surface area (Å²) in [5.41, 5.74) is 3.43. The van der Waals surface area contributed by atoms with Gasteiger partial charge in [0, 0.05) is 34.7 Å². The first-order chi connectivity index (χ1) is 17.4. The van der Waals surface area contributed by atoms with Crippen molar-refractivity contribution >= 4 is 17.5 Å². The quantitative estimate of drug-likeness (QED) is 0.467. The van der Waals surface area contributed by atoms with Gasteiger partial charge in [0.15, 0.2) is 0 Å². The molecule has 0 aliphatic carbocycles. The minimum absolute atomic E-state index is 0.0434. The van der Waals surface area contributed by atoms with E-state index < -0.39 is 11.6 Å². The van der Waals surface area contributed by atoms with E-state index in [2.05, 4.69) is 31.1 Å². The van der Waals surface area contributed by atoms with Gasteiger partial charge in [0.1, 0.15) is 11.8 Å². The SMILES string of the molecule is CC(C)(C)NC(=O)C(c1cccnc1)N(C(=O)c1ccc2c(c1)CCCO2)c1ccc(C(C)(C)C)cc1. The van der Waals surface area contributed by atoms with Gasteiger partial charge in [-0.15, -0.1) is 0 Å². The number of amides is 2. The molecule has 1 N–H and O–H groups in total. The van der Waals surface area contributed by atoms with Crippen LogP contribution in [0.25, 0.3) is 0 Å². The van der Waals surface area contributed by atoms with Crippen LogP contribution in [-0.2, 0) is 16.6 Å². The fraction of sp³-hybridized carbons (Fsp3) is 0.387. The number of aromatic nitrogens is 1. The number of fused-ring (bicyclic) bond motifs is 1. The Bertz CT molecular complexity index is 1260. The summed E-state index contributed by atoms with van der Waals surface area (Å²) in [7, 11) is 0. The molecule has 0 radical (unpaired) electrons. The molecule has 1 atom stereocenters. The summed E-state index contributed by atoms with van der Waals surface area (Å²) in [6.07, 6.45) is 5.08. The van der Waals surface area contributed by atoms with Crippen LogP contribution in [0.2, 0.25) is 0 Å². The smallest absolute Gasteiger partial charge is 0.259 e. The number of aryl methyl sites for hydroxylation is 1. The van der Waals surface area contributed by atoms with Crippen LogP contribution in [0, 0.1) is 0 Å². The van der Waals surface area contributed by atoms with Crippen LogP contribution in [0.3, 0.4) is 0 Å². The average Bonchev–Trinajstić information content (AvgIpc) is 2.85. The van der Waals surface area contributed by atoms with Gasteiger partial charge >= 0.3 is 0 Å². The molecule has 4 rings (SSSR count). The van der Waals surface area contributed by atoms with Gasteiger partial charge < -0.3 is 10.1 Å². The molecule has 1 aliphatic heterocycles. The van der Waals surface area contributed by atoms with Crippen molar-refractivity contribution in [2.24, 2.45) is 0 Å². The molecule has 1 aliphatic rings. The fourth-order valence-corrected chi connectivity index (χ4v) is 4.53. The van der Waals surface area contributed by atoms with Crippen molar-refractivity contribution in [2.45, 2.75) is 71.4 Å². The number of pyridine rings is 1. The lowest BCUT2D eigenvalue weighted by atomic mass is 9.87. The molecule has 0 saturated carbocycles. The number of hydrogen-bond acceptors (Lipinski definition) is 4. The zero-order valence-corrected chi connectivity index (χ0v) is 22.7. The molecule has 194 valence electrons. The maximum absolute atomic E-state index is 14.3. The van der Waals surface area contributed by atoms with E-state index in [1.54, 1.807) is 29.4 Å². The normalized spacial score (nSPS) is 14.2. The Kier molecular flexibility index (Phi) is 7.39. The van der Waals surface area contributed by atoms with Crippen LogP contribution in [0.15, 0.2) is 67.0 Å². The van der Waals surface area contributed by atoms with E-state index in [-0.39, 0.29) is 17.2 Å². The minimum atomic E-state index is -0.909. The van der Waals surface area contributed by atoms with Crippen molar-refractivity contribution in [3.8, 4) is 5.75 Å². The van der Waals surface area contributed by atoms with Gasteiger partial charge in [-0.1, -0.05) is 39.0 Å². The number of carbonyl (C=O) groups is 2. The van der Waals surface area contributed by atoms with Gasteiger partial charge in [0.25, 0.3) is 5.91 Å². The first kappa shape index (κ1) is 26.4. The molecule has 3 aromatic rings. The van der Waals surface area contributed by atoms with Gasteiger partial charge in [-0.3, -0.25) is 19.5 Å². The molecule has 2 amide bonds. The molecule has 1 aromatic heterocycles. The predicted octanol–water partition coefficient (Wildman–Crippen LogP) is 6.01. The largest absolute Gasteiger partial charge is 0.493 e. The second kappa shape index (κ2) is 10.4. The summed E-state index contributed by atoms with van der Waals surface area (Å²) in [5.74, 6) is 0.294. The summed E-state index contributed by atoms with van der Waals surface area (Å²) in [4.78, 5) is 34.0. The average molecular weight is 500 g/mol. The number of anilines is 1. The lowest BCUT2D eigenvalue weighted by Gasteiger charge is -2.34. The molecule has 2 heterocycles. The molecule has 6 heteroatoms. The van der Waals surface area contributed by atoms with Crippen LogP contribution in [0.4, 0.5) is 5.69 Å². The van der Waals surface area contributed by atoms with Crippen molar-refractivity contribution < 1.29 is 14.3 Å². The zero-order chi connectivity index (χ0) is 26.8. The number of benzene rings is 2. The summed E-state index contributed by atoms with van der Waals surface area (Å²) in [6, 6.07) is 16.2. The highest BCUT2D eigenvalue weighted by atomic mass is 16.5. The molecule has 0 spiro atoms. The van der Waals surface area contributed by atoms with E-state index in [0.717, 1.165) is 29.7 Å². The predicted molar refractivity (Wildman–Crippen MR) is 147 cm³/mol. The van der Waals surface area contributed by atoms with Crippen LogP contribution < -0.4 is 15.0 Å². The molecule has 0 saturated heterocycles. The molecule has 6 nitrogen and oxygen atoms in total. The van der Waals surface area contributed by atoms with Crippen molar-refractivity contribution in [2.75, 3.05) is 11.5 Å². The number of rotatable bonds is 5. The maximum atomic E-state index is 14.3. The Morgan fingerprint density at radius 3 is 2.35 bits per heavy atom. The number of hydrogen-bond donors (Lipinski definition) is 1. The monoisotopic (exact) mass is 499 g/mol. The lowest BCUT2D eigenvalue weighted by molar-refractivity contribution is -0.123. The molecule has 0 bridgehead atoms. The number of nitrogens with one attached hydrogen (secondary N) is 1. The maximum Gasteiger partial charge on any atom is 0.259 e. The van der Waals surface area contributed by atoms with Crippen LogP contribution in [-0.4, -0.2) is 28.9 Å². The second-order valence-electron chi connectivity index (χ2n) is 11.7. The van der Waals surface area contributed by atoms with E-state index in [9.17, 15) is 9.59 Å². The van der Waals surface area contributed by atoms with Crippen molar-refractivity contribution in [1.29, 1.82) is 0 Å². The highest BCUT2D eigenvalue weighted by molar-refractivity contribution is 6.10. The van der Waals surface area contributed by atoms with E-state index in [0.29, 0.717) is 23.4 Å². The van der Waals surface area contributed by atoms with Crippen LogP contribution >= 0.6 is 0 Å². The van der Waals surface area contributed by atoms with Crippen molar-refractivity contribution in [3.63, 3.8) is 0 Å². The van der Waals surface area contributed by atoms with Crippen molar-refractivity contribution in [1.82, 2.24) is 10.3 Å². The van der Waals surface area contributed by atoms with Gasteiger partial charge in [0.05, 0.1) is 6.61 Å². The highest BCUT2D eigenvalue weighted by Crippen LogP contribution is 2.33. The van der Waals surface area contributed by atoms with Gasteiger partial charge in [-0.25, -0.2) is 0 Å². The van der Waals surface area contributed by atoms with Gasteiger partial charge in [0.2, 0.25) is 5.91 Å². The topological polar surface area (TPSA) is 71.5 Å². The highest BCUT2D eigenvalue weighted by Gasteiger charge is 2.35. The zero-order valence-electron chi connectivity index (χ0n) is 22.7. The summed E-state index contributed by atoms with van der Waals surface area (Å²) >= 11 is 0. The Hall–Kier alpha value is -3.67. The third-order valence-corrected chi connectivity index (χ3v) is 6.39. The number of ether oxygens (including phenoxy) is 1. The Labute approximate surface area is 220 Å². The van der Waals surface area contributed by atoms with Gasteiger partial charge in [-0.05, 0) is 86.6 Å². The molecule has 37 heavy (non-hydrogen) atoms. The second-order valence-corrected chi connectivity index (χ2v) is 11.7. The third-order valence-electron chi connectivity index (χ3n) is 6.39. The molecule has 2 aromatic carbocycles. The Morgan fingerprint density at radius 1 is 1.00 bits per heavy atom. The number of nitrogens with zero attached hydrogens (tertiary/aromatic N) is 2. The van der Waals surface area contributed by atoms with Gasteiger partial charge in [-0.2, -0.15) is 0 Å². The standard InChI is InChI=1S/C31H37N3O3/c1-30(2,3)24-12-14-25(15-13-24)34(29(36)22-11-16-26-21(19-22)10-8-18-37-26)27(23-9-7-17-32-20-23)28(35)33-31(4,5)6/h7,9,11-17,19-20,27H,8,10,18H2,1-6H3,(H,33,35). The van der Waals surface area contributed by atoms with E-state index in [1.807, 2.05) is 63.2 Å². The lowest BCUT2D eigenvalue weighted by Crippen LogP contribution is -2.49. The Balaban J connectivity index is 1.85.